The molecule has 5 N–H and O–H groups in total. The minimum atomic E-state index is -1.51. The largest absolute Gasteiger partial charge is 0.481 e. The van der Waals surface area contributed by atoms with Crippen molar-refractivity contribution >= 4 is 23.9 Å². The fourth-order valence-corrected chi connectivity index (χ4v) is 2.01. The first-order chi connectivity index (χ1) is 9.31. The highest BCUT2D eigenvalue weighted by atomic mass is 16.4. The number of likely N-dealkylation sites (tertiary alicyclic amines) is 1. The van der Waals surface area contributed by atoms with E-state index in [0.717, 1.165) is 0 Å². The SMILES string of the molecule is NC(=O)C1CCCN(C(=O)N[C@@H](CC(=O)O)C(=O)O)C1. The summed E-state index contributed by atoms with van der Waals surface area (Å²) in [5.41, 5.74) is 5.18. The fraction of sp³-hybridized carbons (Fsp3) is 0.636. The molecule has 1 aliphatic heterocycles. The van der Waals surface area contributed by atoms with E-state index >= 15 is 0 Å². The Kier molecular flexibility index (Phi) is 5.30. The van der Waals surface area contributed by atoms with E-state index in [2.05, 4.69) is 5.32 Å². The zero-order valence-corrected chi connectivity index (χ0v) is 10.7. The van der Waals surface area contributed by atoms with Gasteiger partial charge in [-0.15, -0.1) is 0 Å². The van der Waals surface area contributed by atoms with Crippen LogP contribution in [0.5, 0.6) is 0 Å². The summed E-state index contributed by atoms with van der Waals surface area (Å²) >= 11 is 0. The van der Waals surface area contributed by atoms with Gasteiger partial charge in [-0.25, -0.2) is 9.59 Å². The Morgan fingerprint density at radius 1 is 1.30 bits per heavy atom. The summed E-state index contributed by atoms with van der Waals surface area (Å²) in [5.74, 6) is -3.73. The molecule has 1 fully saturated rings. The van der Waals surface area contributed by atoms with Crippen molar-refractivity contribution in [3.63, 3.8) is 0 Å². The Bertz CT molecular complexity index is 424. The molecule has 0 aromatic rings. The van der Waals surface area contributed by atoms with Gasteiger partial charge in [0.05, 0.1) is 12.3 Å². The molecule has 1 unspecified atom stereocenters. The second kappa shape index (κ2) is 6.73. The van der Waals surface area contributed by atoms with Gasteiger partial charge in [-0.2, -0.15) is 0 Å². The van der Waals surface area contributed by atoms with Crippen LogP contribution < -0.4 is 11.1 Å². The smallest absolute Gasteiger partial charge is 0.326 e. The Morgan fingerprint density at radius 3 is 2.45 bits per heavy atom. The number of primary amides is 1. The van der Waals surface area contributed by atoms with Gasteiger partial charge in [-0.1, -0.05) is 0 Å². The van der Waals surface area contributed by atoms with E-state index in [-0.39, 0.29) is 6.54 Å². The van der Waals surface area contributed by atoms with E-state index in [9.17, 15) is 19.2 Å². The third-order valence-corrected chi connectivity index (χ3v) is 3.09. The molecule has 9 heteroatoms. The van der Waals surface area contributed by atoms with Crippen LogP contribution in [0.1, 0.15) is 19.3 Å². The lowest BCUT2D eigenvalue weighted by atomic mass is 9.98. The molecule has 1 aliphatic rings. The first-order valence-corrected chi connectivity index (χ1v) is 6.10. The summed E-state index contributed by atoms with van der Waals surface area (Å²) in [5, 5.41) is 19.6. The Labute approximate surface area is 114 Å². The second-order valence-corrected chi connectivity index (χ2v) is 4.63. The van der Waals surface area contributed by atoms with Crippen LogP contribution in [0.3, 0.4) is 0 Å². The molecule has 2 atom stereocenters. The van der Waals surface area contributed by atoms with Crippen LogP contribution in [0.4, 0.5) is 4.79 Å². The molecule has 0 spiro atoms. The number of hydrogen-bond donors (Lipinski definition) is 4. The number of carboxylic acids is 2. The van der Waals surface area contributed by atoms with Crippen molar-refractivity contribution in [1.82, 2.24) is 10.2 Å². The van der Waals surface area contributed by atoms with Crippen LogP contribution >= 0.6 is 0 Å². The third-order valence-electron chi connectivity index (χ3n) is 3.09. The number of nitrogens with one attached hydrogen (secondary N) is 1. The van der Waals surface area contributed by atoms with Crippen LogP contribution in [0, 0.1) is 5.92 Å². The van der Waals surface area contributed by atoms with Crippen LogP contribution in [-0.4, -0.2) is 58.1 Å². The maximum absolute atomic E-state index is 11.9. The maximum atomic E-state index is 11.9. The number of nitrogens with two attached hydrogens (primary N) is 1. The number of hydrogen-bond acceptors (Lipinski definition) is 4. The van der Waals surface area contributed by atoms with Crippen LogP contribution in [0.25, 0.3) is 0 Å². The van der Waals surface area contributed by atoms with Crippen molar-refractivity contribution in [3.8, 4) is 0 Å². The average Bonchev–Trinajstić information content (AvgIpc) is 2.37. The number of carboxylic acid groups (broad SMARTS) is 2. The number of aliphatic carboxylic acids is 2. The van der Waals surface area contributed by atoms with Crippen molar-refractivity contribution in [2.75, 3.05) is 13.1 Å². The van der Waals surface area contributed by atoms with Gasteiger partial charge in [-0.05, 0) is 12.8 Å². The Hall–Kier alpha value is -2.32. The van der Waals surface area contributed by atoms with Gasteiger partial charge in [0.15, 0.2) is 0 Å². The highest BCUT2D eigenvalue weighted by Crippen LogP contribution is 2.16. The molecule has 0 aromatic carbocycles. The number of rotatable bonds is 5. The van der Waals surface area contributed by atoms with Crippen molar-refractivity contribution in [2.45, 2.75) is 25.3 Å². The molecule has 112 valence electrons. The summed E-state index contributed by atoms with van der Waals surface area (Å²) in [7, 11) is 0. The predicted molar refractivity (Wildman–Crippen MR) is 65.7 cm³/mol. The fourth-order valence-electron chi connectivity index (χ4n) is 2.01. The number of carbonyl (C=O) groups excluding carboxylic acids is 2. The van der Waals surface area contributed by atoms with E-state index in [1.165, 1.54) is 4.90 Å². The van der Waals surface area contributed by atoms with E-state index in [1.807, 2.05) is 0 Å². The standard InChI is InChI=1S/C11H17N3O6/c12-9(17)6-2-1-3-14(5-6)11(20)13-7(10(18)19)4-8(15)16/h6-7H,1-5H2,(H2,12,17)(H,13,20)(H,15,16)(H,18,19)/t6?,7-/m0/s1. The van der Waals surface area contributed by atoms with Crippen molar-refractivity contribution in [3.05, 3.63) is 0 Å². The van der Waals surface area contributed by atoms with Crippen molar-refractivity contribution in [1.29, 1.82) is 0 Å². The van der Waals surface area contributed by atoms with Crippen molar-refractivity contribution in [2.24, 2.45) is 11.7 Å². The Morgan fingerprint density at radius 2 is 1.95 bits per heavy atom. The number of carbonyl (C=O) groups is 4. The highest BCUT2D eigenvalue weighted by molar-refractivity contribution is 5.86. The number of urea groups is 1. The lowest BCUT2D eigenvalue weighted by molar-refractivity contribution is -0.145. The molecule has 0 radical (unpaired) electrons. The summed E-state index contributed by atoms with van der Waals surface area (Å²) in [4.78, 5) is 45.6. The molecule has 0 bridgehead atoms. The molecule has 0 aliphatic carbocycles. The van der Waals surface area contributed by atoms with Gasteiger partial charge in [0.2, 0.25) is 5.91 Å². The van der Waals surface area contributed by atoms with E-state index in [1.54, 1.807) is 0 Å². The molecular formula is C11H17N3O6. The number of nitrogens with zero attached hydrogens (tertiary/aromatic N) is 1. The summed E-state index contributed by atoms with van der Waals surface area (Å²) < 4.78 is 0. The quantitative estimate of drug-likeness (QED) is 0.500. The molecular weight excluding hydrogens is 270 g/mol. The first-order valence-electron chi connectivity index (χ1n) is 6.10. The van der Waals surface area contributed by atoms with E-state index in [0.29, 0.717) is 19.4 Å². The molecule has 1 saturated heterocycles. The molecule has 3 amide bonds. The van der Waals surface area contributed by atoms with Crippen molar-refractivity contribution < 1.29 is 29.4 Å². The average molecular weight is 287 g/mol. The zero-order chi connectivity index (χ0) is 15.3. The predicted octanol–water partition coefficient (Wildman–Crippen LogP) is -1.18. The molecule has 0 aromatic heterocycles. The van der Waals surface area contributed by atoms with Gasteiger partial charge in [0.1, 0.15) is 6.04 Å². The Balaban J connectivity index is 2.61. The van der Waals surface area contributed by atoms with Gasteiger partial charge >= 0.3 is 18.0 Å². The summed E-state index contributed by atoms with van der Waals surface area (Å²) in [6, 6.07) is -2.21. The molecule has 1 heterocycles. The minimum Gasteiger partial charge on any atom is -0.481 e. The number of amides is 3. The van der Waals surface area contributed by atoms with Crippen LogP contribution in [0.15, 0.2) is 0 Å². The summed E-state index contributed by atoms with van der Waals surface area (Å²) in [6.45, 7) is 0.482. The molecule has 9 nitrogen and oxygen atoms in total. The topological polar surface area (TPSA) is 150 Å². The monoisotopic (exact) mass is 287 g/mol. The highest BCUT2D eigenvalue weighted by Gasteiger charge is 2.30. The van der Waals surface area contributed by atoms with Gasteiger partial charge in [-0.3, -0.25) is 9.59 Å². The number of piperidine rings is 1. The lowest BCUT2D eigenvalue weighted by Crippen LogP contribution is -2.52. The maximum Gasteiger partial charge on any atom is 0.326 e. The van der Waals surface area contributed by atoms with Crippen LogP contribution in [0.2, 0.25) is 0 Å². The molecule has 0 saturated carbocycles. The van der Waals surface area contributed by atoms with E-state index < -0.39 is 42.3 Å². The normalized spacial score (nSPS) is 20.0. The van der Waals surface area contributed by atoms with E-state index in [4.69, 9.17) is 15.9 Å². The van der Waals surface area contributed by atoms with Crippen LogP contribution in [-0.2, 0) is 14.4 Å². The van der Waals surface area contributed by atoms with Gasteiger partial charge < -0.3 is 26.2 Å². The summed E-state index contributed by atoms with van der Waals surface area (Å²) in [6.07, 6.45) is 0.447. The zero-order valence-electron chi connectivity index (χ0n) is 10.7. The first kappa shape index (κ1) is 15.7. The second-order valence-electron chi connectivity index (χ2n) is 4.63. The molecule has 1 rings (SSSR count). The lowest BCUT2D eigenvalue weighted by Gasteiger charge is -2.31. The van der Waals surface area contributed by atoms with Gasteiger partial charge in [0.25, 0.3) is 0 Å². The molecule has 20 heavy (non-hydrogen) atoms. The van der Waals surface area contributed by atoms with Gasteiger partial charge in [0, 0.05) is 13.1 Å². The minimum absolute atomic E-state index is 0.112. The third kappa shape index (κ3) is 4.41.